The zero-order valence-corrected chi connectivity index (χ0v) is 12.8. The molecule has 1 fully saturated rings. The molecule has 3 aromatic heterocycles. The molecule has 0 radical (unpaired) electrons. The Morgan fingerprint density at radius 2 is 2.32 bits per heavy atom. The van der Waals surface area contributed by atoms with E-state index >= 15 is 0 Å². The highest BCUT2D eigenvalue weighted by Crippen LogP contribution is 2.28. The van der Waals surface area contributed by atoms with Gasteiger partial charge in [0.15, 0.2) is 5.65 Å². The maximum absolute atomic E-state index is 12.5. The summed E-state index contributed by atoms with van der Waals surface area (Å²) in [6.07, 6.45) is 3.87. The van der Waals surface area contributed by atoms with E-state index in [1.807, 2.05) is 28.5 Å². The van der Waals surface area contributed by atoms with Crippen LogP contribution in [0.25, 0.3) is 11.0 Å². The second kappa shape index (κ2) is 5.53. The van der Waals surface area contributed by atoms with Crippen LogP contribution < -0.4 is 0 Å². The largest absolute Gasteiger partial charge is 0.337 e. The van der Waals surface area contributed by atoms with Crippen LogP contribution in [0.3, 0.4) is 0 Å². The molecule has 1 aliphatic heterocycles. The molecule has 4 heterocycles. The zero-order valence-electron chi connectivity index (χ0n) is 12.0. The van der Waals surface area contributed by atoms with Crippen LogP contribution in [0.15, 0.2) is 35.8 Å². The number of carbonyl (C=O) groups is 1. The number of H-pyrrole nitrogens is 1. The molecule has 3 aromatic rings. The number of aromatic nitrogens is 3. The van der Waals surface area contributed by atoms with Crippen LogP contribution in [0, 0.1) is 0 Å². The quantitative estimate of drug-likeness (QED) is 0.791. The number of amides is 1. The lowest BCUT2D eigenvalue weighted by atomic mass is 9.94. The Labute approximate surface area is 132 Å². The molecule has 22 heavy (non-hydrogen) atoms. The molecular weight excluding hydrogens is 296 g/mol. The number of rotatable bonds is 2. The van der Waals surface area contributed by atoms with Crippen molar-refractivity contribution in [2.24, 2.45) is 0 Å². The van der Waals surface area contributed by atoms with Crippen molar-refractivity contribution < 1.29 is 4.79 Å². The molecule has 0 aliphatic carbocycles. The van der Waals surface area contributed by atoms with Gasteiger partial charge in [0.1, 0.15) is 0 Å². The van der Waals surface area contributed by atoms with E-state index in [2.05, 4.69) is 21.2 Å². The highest BCUT2D eigenvalue weighted by molar-refractivity contribution is 7.12. The van der Waals surface area contributed by atoms with Crippen molar-refractivity contribution in [3.8, 4) is 0 Å². The third-order valence-corrected chi connectivity index (χ3v) is 5.04. The number of fused-ring (bicyclic) bond motifs is 1. The molecule has 1 atom stereocenters. The van der Waals surface area contributed by atoms with E-state index in [1.165, 1.54) is 11.3 Å². The van der Waals surface area contributed by atoms with Gasteiger partial charge in [0, 0.05) is 30.1 Å². The fourth-order valence-electron chi connectivity index (χ4n) is 3.03. The van der Waals surface area contributed by atoms with Crippen LogP contribution in [0.4, 0.5) is 0 Å². The maximum atomic E-state index is 12.5. The van der Waals surface area contributed by atoms with Crippen molar-refractivity contribution >= 4 is 28.3 Å². The highest BCUT2D eigenvalue weighted by Gasteiger charge is 2.26. The summed E-state index contributed by atoms with van der Waals surface area (Å²) in [6, 6.07) is 7.92. The lowest BCUT2D eigenvalue weighted by molar-refractivity contribution is 0.0711. The van der Waals surface area contributed by atoms with Crippen molar-refractivity contribution in [3.05, 3.63) is 46.4 Å². The standard InChI is InChI=1S/C16H16N4OS/c21-16(14-4-2-8-22-14)20-7-1-3-12(10-20)13-6-5-11-9-17-19-15(11)18-13/h2,4-6,8-9,12H,1,3,7,10H2,(H,17,18,19)/t12-/m1/s1. The smallest absolute Gasteiger partial charge is 0.263 e. The van der Waals surface area contributed by atoms with Gasteiger partial charge in [0.2, 0.25) is 0 Å². The summed E-state index contributed by atoms with van der Waals surface area (Å²) < 4.78 is 0. The molecule has 0 unspecified atom stereocenters. The van der Waals surface area contributed by atoms with Crippen molar-refractivity contribution in [2.75, 3.05) is 13.1 Å². The second-order valence-electron chi connectivity index (χ2n) is 5.61. The molecule has 112 valence electrons. The minimum atomic E-state index is 0.141. The van der Waals surface area contributed by atoms with Crippen LogP contribution in [-0.2, 0) is 0 Å². The zero-order chi connectivity index (χ0) is 14.9. The van der Waals surface area contributed by atoms with Gasteiger partial charge in [0.05, 0.1) is 11.1 Å². The molecule has 0 saturated carbocycles. The first-order valence-electron chi connectivity index (χ1n) is 7.44. The van der Waals surface area contributed by atoms with E-state index < -0.39 is 0 Å². The van der Waals surface area contributed by atoms with Gasteiger partial charge in [-0.15, -0.1) is 11.3 Å². The molecule has 0 spiro atoms. The molecule has 5 nitrogen and oxygen atoms in total. The number of hydrogen-bond acceptors (Lipinski definition) is 4. The first kappa shape index (κ1) is 13.5. The van der Waals surface area contributed by atoms with Crippen LogP contribution in [0.2, 0.25) is 0 Å². The molecule has 0 bridgehead atoms. The first-order chi connectivity index (χ1) is 10.8. The molecule has 4 rings (SSSR count). The van der Waals surface area contributed by atoms with Crippen molar-refractivity contribution in [2.45, 2.75) is 18.8 Å². The number of likely N-dealkylation sites (tertiary alicyclic amines) is 1. The number of nitrogens with zero attached hydrogens (tertiary/aromatic N) is 3. The summed E-state index contributed by atoms with van der Waals surface area (Å²) in [6.45, 7) is 1.57. The number of thiophene rings is 1. The van der Waals surface area contributed by atoms with Crippen molar-refractivity contribution in [1.82, 2.24) is 20.1 Å². The number of pyridine rings is 1. The topological polar surface area (TPSA) is 61.9 Å². The van der Waals surface area contributed by atoms with E-state index in [0.29, 0.717) is 5.92 Å². The third-order valence-electron chi connectivity index (χ3n) is 4.18. The van der Waals surface area contributed by atoms with Gasteiger partial charge in [-0.2, -0.15) is 5.10 Å². The molecule has 1 saturated heterocycles. The van der Waals surface area contributed by atoms with Crippen LogP contribution in [-0.4, -0.2) is 39.1 Å². The lowest BCUT2D eigenvalue weighted by Crippen LogP contribution is -2.39. The van der Waals surface area contributed by atoms with Gasteiger partial charge in [0.25, 0.3) is 5.91 Å². The number of carbonyl (C=O) groups excluding carboxylic acids is 1. The second-order valence-corrected chi connectivity index (χ2v) is 6.56. The first-order valence-corrected chi connectivity index (χ1v) is 8.32. The summed E-state index contributed by atoms with van der Waals surface area (Å²) >= 11 is 1.50. The van der Waals surface area contributed by atoms with E-state index in [9.17, 15) is 4.79 Å². The molecule has 1 amide bonds. The van der Waals surface area contributed by atoms with Crippen molar-refractivity contribution in [3.63, 3.8) is 0 Å². The Kier molecular flexibility index (Phi) is 3.38. The van der Waals surface area contributed by atoms with E-state index in [1.54, 1.807) is 6.20 Å². The highest BCUT2D eigenvalue weighted by atomic mass is 32.1. The molecule has 6 heteroatoms. The predicted octanol–water partition coefficient (Wildman–Crippen LogP) is 3.04. The van der Waals surface area contributed by atoms with E-state index in [0.717, 1.165) is 47.5 Å². The molecule has 0 aromatic carbocycles. The van der Waals surface area contributed by atoms with Gasteiger partial charge >= 0.3 is 0 Å². The fraction of sp³-hybridized carbons (Fsp3) is 0.312. The minimum absolute atomic E-state index is 0.141. The van der Waals surface area contributed by atoms with Crippen LogP contribution in [0.1, 0.15) is 34.1 Å². The average Bonchev–Trinajstić information content (AvgIpc) is 3.25. The Morgan fingerprint density at radius 1 is 1.36 bits per heavy atom. The molecule has 1 N–H and O–H groups in total. The summed E-state index contributed by atoms with van der Waals surface area (Å²) in [5.41, 5.74) is 1.86. The Morgan fingerprint density at radius 3 is 3.18 bits per heavy atom. The molecular formula is C16H16N4OS. The van der Waals surface area contributed by atoms with Gasteiger partial charge in [-0.05, 0) is 36.4 Å². The maximum Gasteiger partial charge on any atom is 0.263 e. The number of nitrogens with one attached hydrogen (secondary N) is 1. The Bertz CT molecular complexity index is 795. The van der Waals surface area contributed by atoms with Gasteiger partial charge < -0.3 is 4.90 Å². The van der Waals surface area contributed by atoms with Gasteiger partial charge in [-0.3, -0.25) is 9.89 Å². The summed E-state index contributed by atoms with van der Waals surface area (Å²) in [5.74, 6) is 0.438. The Hall–Kier alpha value is -2.21. The number of hydrogen-bond donors (Lipinski definition) is 1. The van der Waals surface area contributed by atoms with Crippen LogP contribution >= 0.6 is 11.3 Å². The third kappa shape index (κ3) is 2.39. The summed E-state index contributed by atoms with van der Waals surface area (Å²) in [4.78, 5) is 19.9. The van der Waals surface area contributed by atoms with E-state index in [4.69, 9.17) is 0 Å². The van der Waals surface area contributed by atoms with Crippen LogP contribution in [0.5, 0.6) is 0 Å². The van der Waals surface area contributed by atoms with Gasteiger partial charge in [-0.25, -0.2) is 4.98 Å². The van der Waals surface area contributed by atoms with E-state index in [-0.39, 0.29) is 5.91 Å². The number of piperidine rings is 1. The molecule has 1 aliphatic rings. The Balaban J connectivity index is 1.56. The fourth-order valence-corrected chi connectivity index (χ4v) is 3.72. The summed E-state index contributed by atoms with van der Waals surface area (Å²) in [7, 11) is 0. The SMILES string of the molecule is O=C(c1cccs1)N1CCC[C@@H](c2ccc3cn[nH]c3n2)C1. The average molecular weight is 312 g/mol. The van der Waals surface area contributed by atoms with Crippen molar-refractivity contribution in [1.29, 1.82) is 0 Å². The lowest BCUT2D eigenvalue weighted by Gasteiger charge is -2.32. The predicted molar refractivity (Wildman–Crippen MR) is 86.1 cm³/mol. The number of aromatic amines is 1. The van der Waals surface area contributed by atoms with Gasteiger partial charge in [-0.1, -0.05) is 6.07 Å². The summed E-state index contributed by atoms with van der Waals surface area (Å²) in [5, 5.41) is 9.90. The minimum Gasteiger partial charge on any atom is -0.337 e. The normalized spacial score (nSPS) is 18.7. The monoisotopic (exact) mass is 312 g/mol.